The molecule has 0 fully saturated rings. The van der Waals surface area contributed by atoms with Crippen molar-refractivity contribution in [2.45, 2.75) is 13.5 Å². The number of halogens is 2. The van der Waals surface area contributed by atoms with Crippen molar-refractivity contribution in [1.82, 2.24) is 19.1 Å². The summed E-state index contributed by atoms with van der Waals surface area (Å²) in [6.45, 7) is 2.19. The fourth-order valence-corrected chi connectivity index (χ4v) is 3.73. The Balaban J connectivity index is 1.52. The lowest BCUT2D eigenvalue weighted by molar-refractivity contribution is 0.102. The van der Waals surface area contributed by atoms with Crippen LogP contribution in [0.2, 0.25) is 5.15 Å². The topological polar surface area (TPSA) is 72.7 Å². The molecular formula is C20H15ClFN5OS. The zero-order valence-corrected chi connectivity index (χ0v) is 16.8. The van der Waals surface area contributed by atoms with Crippen molar-refractivity contribution in [2.24, 2.45) is 0 Å². The third-order valence-corrected chi connectivity index (χ3v) is 5.23. The molecule has 0 bridgehead atoms. The first-order valence-electron chi connectivity index (χ1n) is 8.69. The molecule has 6 nitrogen and oxygen atoms in total. The molecule has 9 heteroatoms. The Hall–Kier alpha value is -3.10. The lowest BCUT2D eigenvalue weighted by Crippen LogP contribution is -2.13. The van der Waals surface area contributed by atoms with E-state index in [2.05, 4.69) is 19.8 Å². The maximum atomic E-state index is 13.1. The number of aryl methyl sites for hydroxylation is 1. The van der Waals surface area contributed by atoms with Gasteiger partial charge in [-0.15, -0.1) is 0 Å². The highest BCUT2D eigenvalue weighted by molar-refractivity contribution is 7.10. The van der Waals surface area contributed by atoms with Crippen molar-refractivity contribution in [3.05, 3.63) is 82.4 Å². The van der Waals surface area contributed by atoms with Gasteiger partial charge >= 0.3 is 0 Å². The zero-order chi connectivity index (χ0) is 20.4. The average Bonchev–Trinajstić information content (AvgIpc) is 3.27. The molecule has 1 amide bonds. The summed E-state index contributed by atoms with van der Waals surface area (Å²) in [7, 11) is 0. The summed E-state index contributed by atoms with van der Waals surface area (Å²) in [6, 6.07) is 15.5. The minimum atomic E-state index is -0.409. The molecule has 2 aromatic heterocycles. The Morgan fingerprint density at radius 3 is 2.62 bits per heavy atom. The van der Waals surface area contributed by atoms with Gasteiger partial charge < -0.3 is 0 Å². The van der Waals surface area contributed by atoms with Crippen molar-refractivity contribution in [3.63, 3.8) is 0 Å². The van der Waals surface area contributed by atoms with Crippen LogP contribution >= 0.6 is 23.1 Å². The van der Waals surface area contributed by atoms with Gasteiger partial charge in [0.1, 0.15) is 11.0 Å². The molecule has 0 aliphatic heterocycles. The molecule has 0 saturated heterocycles. The van der Waals surface area contributed by atoms with Gasteiger partial charge in [-0.25, -0.2) is 9.07 Å². The fraction of sp³-hybridized carbons (Fsp3) is 0.100. The second kappa shape index (κ2) is 8.10. The first kappa shape index (κ1) is 19.2. The SMILES string of the molecule is Cc1nn(Cc2ccccc2)c(Cl)c1C(=O)Nc1nc(-c2ccc(F)cc2)ns1. The van der Waals surface area contributed by atoms with Gasteiger partial charge in [0.25, 0.3) is 5.91 Å². The van der Waals surface area contributed by atoms with Crippen molar-refractivity contribution in [2.75, 3.05) is 5.32 Å². The summed E-state index contributed by atoms with van der Waals surface area (Å²) >= 11 is 7.46. The first-order chi connectivity index (χ1) is 14.0. The minimum Gasteiger partial charge on any atom is -0.296 e. The summed E-state index contributed by atoms with van der Waals surface area (Å²) in [4.78, 5) is 17.0. The molecule has 0 aliphatic carbocycles. The van der Waals surface area contributed by atoms with Crippen LogP contribution in [0.1, 0.15) is 21.6 Å². The number of carbonyl (C=O) groups is 1. The van der Waals surface area contributed by atoms with Gasteiger partial charge in [0.05, 0.1) is 17.8 Å². The van der Waals surface area contributed by atoms with Crippen LogP contribution in [0, 0.1) is 12.7 Å². The van der Waals surface area contributed by atoms with E-state index >= 15 is 0 Å². The minimum absolute atomic E-state index is 0.257. The van der Waals surface area contributed by atoms with E-state index in [1.54, 1.807) is 23.7 Å². The van der Waals surface area contributed by atoms with E-state index < -0.39 is 5.91 Å². The number of aromatic nitrogens is 4. The number of anilines is 1. The molecule has 4 aromatic rings. The molecule has 29 heavy (non-hydrogen) atoms. The fourth-order valence-electron chi connectivity index (χ4n) is 2.82. The Labute approximate surface area is 175 Å². The molecular weight excluding hydrogens is 413 g/mol. The smallest absolute Gasteiger partial charge is 0.262 e. The molecule has 4 rings (SSSR count). The summed E-state index contributed by atoms with van der Waals surface area (Å²) < 4.78 is 18.9. The van der Waals surface area contributed by atoms with E-state index in [0.29, 0.717) is 34.3 Å². The number of hydrogen-bond acceptors (Lipinski definition) is 5. The predicted molar refractivity (Wildman–Crippen MR) is 111 cm³/mol. The lowest BCUT2D eigenvalue weighted by Gasteiger charge is -2.04. The lowest BCUT2D eigenvalue weighted by atomic mass is 10.2. The highest BCUT2D eigenvalue weighted by Crippen LogP contribution is 2.25. The van der Waals surface area contributed by atoms with Gasteiger partial charge in [0.15, 0.2) is 5.82 Å². The number of hydrogen-bond donors (Lipinski definition) is 1. The number of carbonyl (C=O) groups excluding carboxylic acids is 1. The van der Waals surface area contributed by atoms with Gasteiger partial charge in [0.2, 0.25) is 5.13 Å². The Bertz CT molecular complexity index is 1160. The molecule has 0 saturated carbocycles. The number of nitrogens with zero attached hydrogens (tertiary/aromatic N) is 4. The van der Waals surface area contributed by atoms with E-state index in [4.69, 9.17) is 11.6 Å². The third-order valence-electron chi connectivity index (χ3n) is 4.22. The van der Waals surface area contributed by atoms with Crippen molar-refractivity contribution < 1.29 is 9.18 Å². The van der Waals surface area contributed by atoms with Crippen LogP contribution in [-0.4, -0.2) is 25.0 Å². The Kier molecular flexibility index (Phi) is 5.37. The van der Waals surface area contributed by atoms with Crippen molar-refractivity contribution in [1.29, 1.82) is 0 Å². The number of rotatable bonds is 5. The maximum absolute atomic E-state index is 13.1. The predicted octanol–water partition coefficient (Wildman–Crippen LogP) is 4.80. The summed E-state index contributed by atoms with van der Waals surface area (Å²) in [5.41, 5.74) is 2.50. The van der Waals surface area contributed by atoms with Crippen LogP contribution in [0.5, 0.6) is 0 Å². The maximum Gasteiger partial charge on any atom is 0.262 e. The number of nitrogens with one attached hydrogen (secondary N) is 1. The van der Waals surface area contributed by atoms with E-state index in [1.807, 2.05) is 30.3 Å². The van der Waals surface area contributed by atoms with E-state index in [-0.39, 0.29) is 11.0 Å². The molecule has 1 N–H and O–H groups in total. The third kappa shape index (κ3) is 4.18. The van der Waals surface area contributed by atoms with Gasteiger partial charge in [-0.1, -0.05) is 41.9 Å². The molecule has 2 heterocycles. The van der Waals surface area contributed by atoms with Crippen molar-refractivity contribution in [3.8, 4) is 11.4 Å². The van der Waals surface area contributed by atoms with E-state index in [0.717, 1.165) is 17.1 Å². The normalized spacial score (nSPS) is 10.9. The quantitative estimate of drug-likeness (QED) is 0.496. The summed E-state index contributed by atoms with van der Waals surface area (Å²) in [6.07, 6.45) is 0. The molecule has 0 atom stereocenters. The summed E-state index contributed by atoms with van der Waals surface area (Å²) in [5.74, 6) is -0.336. The largest absolute Gasteiger partial charge is 0.296 e. The van der Waals surface area contributed by atoms with Gasteiger partial charge in [-0.05, 0) is 36.8 Å². The van der Waals surface area contributed by atoms with E-state index in [1.165, 1.54) is 12.1 Å². The highest BCUT2D eigenvalue weighted by Gasteiger charge is 2.22. The number of amides is 1. The van der Waals surface area contributed by atoms with Crippen LogP contribution in [0.15, 0.2) is 54.6 Å². The Morgan fingerprint density at radius 2 is 1.90 bits per heavy atom. The zero-order valence-electron chi connectivity index (χ0n) is 15.3. The average molecular weight is 428 g/mol. The van der Waals surface area contributed by atoms with Crippen LogP contribution in [0.25, 0.3) is 11.4 Å². The highest BCUT2D eigenvalue weighted by atomic mass is 35.5. The molecule has 0 radical (unpaired) electrons. The molecule has 0 aliphatic rings. The number of benzene rings is 2. The molecule has 0 spiro atoms. The first-order valence-corrected chi connectivity index (χ1v) is 9.84. The summed E-state index contributed by atoms with van der Waals surface area (Å²) in [5, 5.41) is 7.67. The van der Waals surface area contributed by atoms with Crippen LogP contribution in [0.3, 0.4) is 0 Å². The van der Waals surface area contributed by atoms with Gasteiger partial charge in [-0.2, -0.15) is 14.5 Å². The second-order valence-corrected chi connectivity index (χ2v) is 7.39. The second-order valence-electron chi connectivity index (χ2n) is 6.28. The standard InChI is InChI=1S/C20H15ClFN5OS/c1-12-16(17(21)27(25-12)11-13-5-3-2-4-6-13)19(28)24-20-23-18(26-29-20)14-7-9-15(22)10-8-14/h2-10H,11H2,1H3,(H,23,24,26,28). The molecule has 146 valence electrons. The van der Waals surface area contributed by atoms with Crippen LogP contribution in [0.4, 0.5) is 9.52 Å². The van der Waals surface area contributed by atoms with Gasteiger partial charge in [-0.3, -0.25) is 10.1 Å². The van der Waals surface area contributed by atoms with Crippen LogP contribution in [-0.2, 0) is 6.54 Å². The van der Waals surface area contributed by atoms with Gasteiger partial charge in [0, 0.05) is 17.1 Å². The monoisotopic (exact) mass is 427 g/mol. The molecule has 0 unspecified atom stereocenters. The molecule has 2 aromatic carbocycles. The van der Waals surface area contributed by atoms with Crippen LogP contribution < -0.4 is 5.32 Å². The Morgan fingerprint density at radius 1 is 1.17 bits per heavy atom. The van der Waals surface area contributed by atoms with Crippen molar-refractivity contribution >= 4 is 34.2 Å². The van der Waals surface area contributed by atoms with E-state index in [9.17, 15) is 9.18 Å².